The number of hydrogen-bond acceptors (Lipinski definition) is 5. The van der Waals surface area contributed by atoms with Gasteiger partial charge in [0, 0.05) is 17.6 Å². The van der Waals surface area contributed by atoms with E-state index in [0.29, 0.717) is 23.8 Å². The Morgan fingerprint density at radius 2 is 1.68 bits per heavy atom. The first kappa shape index (κ1) is 33.3. The van der Waals surface area contributed by atoms with Gasteiger partial charge in [-0.25, -0.2) is 8.42 Å². The van der Waals surface area contributed by atoms with Gasteiger partial charge in [-0.1, -0.05) is 79.7 Å². The number of carbonyl (C=O) groups excluding carboxylic acids is 2. The Kier molecular flexibility index (Phi) is 11.7. The van der Waals surface area contributed by atoms with Crippen LogP contribution in [0.25, 0.3) is 0 Å². The first-order valence-electron chi connectivity index (χ1n) is 15.3. The Balaban J connectivity index is 1.74. The first-order valence-corrected chi connectivity index (χ1v) is 17.1. The van der Waals surface area contributed by atoms with E-state index < -0.39 is 28.5 Å². The molecular formula is C34H42ClN3O5S. The Bertz CT molecular complexity index is 1520. The Hall–Kier alpha value is -3.56. The summed E-state index contributed by atoms with van der Waals surface area (Å²) >= 11 is 6.06. The molecule has 8 nitrogen and oxygen atoms in total. The maximum absolute atomic E-state index is 14.4. The lowest BCUT2D eigenvalue weighted by atomic mass is 9.95. The predicted octanol–water partition coefficient (Wildman–Crippen LogP) is 6.50. The highest BCUT2D eigenvalue weighted by Gasteiger charge is 2.35. The molecule has 3 aromatic rings. The maximum Gasteiger partial charge on any atom is 0.264 e. The van der Waals surface area contributed by atoms with Crippen LogP contribution in [-0.2, 0) is 26.2 Å². The Labute approximate surface area is 266 Å². The van der Waals surface area contributed by atoms with Crippen LogP contribution in [0.2, 0.25) is 5.02 Å². The van der Waals surface area contributed by atoms with E-state index in [-0.39, 0.29) is 29.1 Å². The van der Waals surface area contributed by atoms with E-state index in [0.717, 1.165) is 47.5 Å². The molecule has 3 aromatic carbocycles. The van der Waals surface area contributed by atoms with Gasteiger partial charge in [-0.15, -0.1) is 0 Å². The molecule has 1 aliphatic carbocycles. The third kappa shape index (κ3) is 8.33. The lowest BCUT2D eigenvalue weighted by Gasteiger charge is -2.34. The molecule has 0 saturated heterocycles. The molecule has 44 heavy (non-hydrogen) atoms. The zero-order valence-corrected chi connectivity index (χ0v) is 27.2. The number of para-hydroxylation sites is 2. The number of ether oxygens (including phenoxy) is 1. The second kappa shape index (κ2) is 15.4. The topological polar surface area (TPSA) is 96.0 Å². The van der Waals surface area contributed by atoms with Crippen LogP contribution in [0.5, 0.6) is 5.75 Å². The van der Waals surface area contributed by atoms with Crippen LogP contribution in [0.3, 0.4) is 0 Å². The second-order valence-electron chi connectivity index (χ2n) is 11.1. The van der Waals surface area contributed by atoms with Crippen molar-refractivity contribution in [2.45, 2.75) is 82.8 Å². The number of nitrogens with zero attached hydrogens (tertiary/aromatic N) is 2. The monoisotopic (exact) mass is 639 g/mol. The van der Waals surface area contributed by atoms with Crippen molar-refractivity contribution in [1.29, 1.82) is 0 Å². The van der Waals surface area contributed by atoms with Crippen molar-refractivity contribution in [1.82, 2.24) is 10.2 Å². The fourth-order valence-corrected chi connectivity index (χ4v) is 7.21. The number of rotatable bonds is 13. The fourth-order valence-electron chi connectivity index (χ4n) is 5.66. The zero-order chi connectivity index (χ0) is 31.7. The quantitative estimate of drug-likeness (QED) is 0.230. The van der Waals surface area contributed by atoms with Gasteiger partial charge in [-0.05, 0) is 75.1 Å². The largest absolute Gasteiger partial charge is 0.492 e. The molecule has 1 fully saturated rings. The molecule has 1 N–H and O–H groups in total. The SMILES string of the molecule is CCOc1ccccc1N(CC(=O)N(Cc1cccc(C)c1)[C@H](CC)C(=O)NC1CCCCC1)S(=O)(=O)c1ccc(Cl)cc1. The van der Waals surface area contributed by atoms with Gasteiger partial charge < -0.3 is 15.0 Å². The summed E-state index contributed by atoms with van der Waals surface area (Å²) in [5, 5.41) is 3.57. The number of nitrogens with one attached hydrogen (secondary N) is 1. The molecule has 0 heterocycles. The average molecular weight is 640 g/mol. The van der Waals surface area contributed by atoms with E-state index in [2.05, 4.69) is 5.32 Å². The molecule has 10 heteroatoms. The van der Waals surface area contributed by atoms with E-state index in [9.17, 15) is 18.0 Å². The van der Waals surface area contributed by atoms with Gasteiger partial charge in [0.1, 0.15) is 18.3 Å². The van der Waals surface area contributed by atoms with Crippen molar-refractivity contribution >= 4 is 39.1 Å². The van der Waals surface area contributed by atoms with E-state index in [1.54, 1.807) is 31.2 Å². The highest BCUT2D eigenvalue weighted by molar-refractivity contribution is 7.92. The van der Waals surface area contributed by atoms with Crippen molar-refractivity contribution < 1.29 is 22.7 Å². The number of halogens is 1. The van der Waals surface area contributed by atoms with E-state index in [1.807, 2.05) is 38.1 Å². The molecule has 236 valence electrons. The standard InChI is InChI=1S/C34H42ClN3O5S/c1-4-30(34(40)36-28-14-7-6-8-15-28)37(23-26-13-11-12-25(3)22-26)33(39)24-38(31-16-9-10-17-32(31)43-5-2)44(41,42)29-20-18-27(35)19-21-29/h9-13,16-22,28,30H,4-8,14-15,23-24H2,1-3H3,(H,36,40)/t30-/m1/s1. The third-order valence-electron chi connectivity index (χ3n) is 7.89. The molecule has 4 rings (SSSR count). The summed E-state index contributed by atoms with van der Waals surface area (Å²) in [7, 11) is -4.25. The van der Waals surface area contributed by atoms with Crippen molar-refractivity contribution in [2.75, 3.05) is 17.5 Å². The van der Waals surface area contributed by atoms with E-state index >= 15 is 0 Å². The van der Waals surface area contributed by atoms with Crippen molar-refractivity contribution in [3.63, 3.8) is 0 Å². The Morgan fingerprint density at radius 1 is 0.977 bits per heavy atom. The molecule has 0 spiro atoms. The van der Waals surface area contributed by atoms with Crippen LogP contribution in [-0.4, -0.2) is 50.4 Å². The van der Waals surface area contributed by atoms with Crippen LogP contribution in [0.1, 0.15) is 63.5 Å². The molecule has 1 aliphatic rings. The molecule has 1 saturated carbocycles. The number of carbonyl (C=O) groups is 2. The Morgan fingerprint density at radius 3 is 2.34 bits per heavy atom. The molecular weight excluding hydrogens is 598 g/mol. The maximum atomic E-state index is 14.4. The van der Waals surface area contributed by atoms with Crippen LogP contribution in [0.15, 0.2) is 77.7 Å². The number of sulfonamides is 1. The fraction of sp³-hybridized carbons (Fsp3) is 0.412. The number of benzene rings is 3. The van der Waals surface area contributed by atoms with Crippen molar-refractivity contribution in [3.8, 4) is 5.75 Å². The minimum atomic E-state index is -4.25. The van der Waals surface area contributed by atoms with Crippen LogP contribution in [0.4, 0.5) is 5.69 Å². The lowest BCUT2D eigenvalue weighted by molar-refractivity contribution is -0.140. The van der Waals surface area contributed by atoms with Crippen LogP contribution >= 0.6 is 11.6 Å². The van der Waals surface area contributed by atoms with Crippen molar-refractivity contribution in [3.05, 3.63) is 88.9 Å². The summed E-state index contributed by atoms with van der Waals surface area (Å²) in [6, 6.07) is 19.6. The van der Waals surface area contributed by atoms with Gasteiger partial charge in [0.15, 0.2) is 0 Å². The second-order valence-corrected chi connectivity index (χ2v) is 13.4. The summed E-state index contributed by atoms with van der Waals surface area (Å²) in [4.78, 5) is 29.6. The minimum absolute atomic E-state index is 0.0201. The van der Waals surface area contributed by atoms with Gasteiger partial charge in [-0.2, -0.15) is 0 Å². The van der Waals surface area contributed by atoms with Crippen LogP contribution in [0, 0.1) is 6.92 Å². The molecule has 0 aromatic heterocycles. The van der Waals surface area contributed by atoms with Gasteiger partial charge in [-0.3, -0.25) is 13.9 Å². The van der Waals surface area contributed by atoms with Gasteiger partial charge in [0.2, 0.25) is 11.8 Å². The first-order chi connectivity index (χ1) is 21.1. The third-order valence-corrected chi connectivity index (χ3v) is 9.91. The lowest BCUT2D eigenvalue weighted by Crippen LogP contribution is -2.54. The summed E-state index contributed by atoms with van der Waals surface area (Å²) < 4.78 is 35.2. The summed E-state index contributed by atoms with van der Waals surface area (Å²) in [5.41, 5.74) is 2.10. The van der Waals surface area contributed by atoms with Crippen molar-refractivity contribution in [2.24, 2.45) is 0 Å². The molecule has 2 amide bonds. The van der Waals surface area contributed by atoms with Crippen LogP contribution < -0.4 is 14.4 Å². The normalized spacial score (nSPS) is 14.5. The number of anilines is 1. The highest BCUT2D eigenvalue weighted by Crippen LogP contribution is 2.33. The molecule has 0 unspecified atom stereocenters. The number of aryl methyl sites for hydroxylation is 1. The zero-order valence-electron chi connectivity index (χ0n) is 25.7. The van der Waals surface area contributed by atoms with Gasteiger partial charge >= 0.3 is 0 Å². The molecule has 0 aliphatic heterocycles. The summed E-state index contributed by atoms with van der Waals surface area (Å²) in [6.07, 6.45) is 5.47. The highest BCUT2D eigenvalue weighted by atomic mass is 35.5. The number of amides is 2. The van der Waals surface area contributed by atoms with Gasteiger partial charge in [0.05, 0.1) is 17.2 Å². The number of hydrogen-bond donors (Lipinski definition) is 1. The smallest absolute Gasteiger partial charge is 0.264 e. The minimum Gasteiger partial charge on any atom is -0.492 e. The predicted molar refractivity (Wildman–Crippen MR) is 174 cm³/mol. The average Bonchev–Trinajstić information content (AvgIpc) is 3.01. The summed E-state index contributed by atoms with van der Waals surface area (Å²) in [6.45, 7) is 5.56. The molecule has 1 atom stereocenters. The van der Waals surface area contributed by atoms with E-state index in [1.165, 1.54) is 29.2 Å². The summed E-state index contributed by atoms with van der Waals surface area (Å²) in [5.74, 6) is -0.393. The van der Waals surface area contributed by atoms with Gasteiger partial charge in [0.25, 0.3) is 10.0 Å². The molecule has 0 radical (unpaired) electrons. The van der Waals surface area contributed by atoms with E-state index in [4.69, 9.17) is 16.3 Å². The molecule has 0 bridgehead atoms.